The number of hydrogen-bond acceptors (Lipinski definition) is 4. The Morgan fingerprint density at radius 3 is 2.82 bits per heavy atom. The van der Waals surface area contributed by atoms with Crippen LogP contribution in [0.1, 0.15) is 40.7 Å². The van der Waals surface area contributed by atoms with E-state index in [9.17, 15) is 9.59 Å². The minimum atomic E-state index is -0.639. The van der Waals surface area contributed by atoms with Crippen molar-refractivity contribution in [2.24, 2.45) is 5.92 Å². The monoisotopic (exact) mass is 298 g/mol. The summed E-state index contributed by atoms with van der Waals surface area (Å²) in [4.78, 5) is 25.0. The van der Waals surface area contributed by atoms with Gasteiger partial charge in [0.1, 0.15) is 11.7 Å². The van der Waals surface area contributed by atoms with Crippen molar-refractivity contribution in [3.05, 3.63) is 41.0 Å². The van der Waals surface area contributed by atoms with Crippen LogP contribution < -0.4 is 10.6 Å². The van der Waals surface area contributed by atoms with Gasteiger partial charge in [-0.25, -0.2) is 0 Å². The second-order valence-electron chi connectivity index (χ2n) is 6.23. The number of Topliss-reactive ketones (excluding diaryl/α,β-unsaturated/α-hetero) is 2. The minimum absolute atomic E-state index is 0.0207. The van der Waals surface area contributed by atoms with E-state index in [-0.39, 0.29) is 17.7 Å². The van der Waals surface area contributed by atoms with Crippen LogP contribution in [-0.4, -0.2) is 24.8 Å². The quantitative estimate of drug-likeness (QED) is 0.512. The van der Waals surface area contributed by atoms with Crippen LogP contribution in [-0.2, 0) is 11.2 Å². The van der Waals surface area contributed by atoms with E-state index >= 15 is 0 Å². The lowest BCUT2D eigenvalue weighted by molar-refractivity contribution is -0.121. The Hall–Kier alpha value is -1.94. The highest BCUT2D eigenvalue weighted by Gasteiger charge is 2.34. The number of likely N-dealkylation sites (N-methyl/N-ethyl adjacent to an activating group) is 1. The maximum Gasteiger partial charge on any atom is 0.177 e. The number of carbonyl (C=O) groups excluding carboxylic acids is 2. The third-order valence-electron chi connectivity index (χ3n) is 4.86. The van der Waals surface area contributed by atoms with Gasteiger partial charge in [0.25, 0.3) is 0 Å². The average Bonchev–Trinajstić information content (AvgIpc) is 2.91. The molecule has 1 saturated carbocycles. The Morgan fingerprint density at radius 2 is 2.14 bits per heavy atom. The van der Waals surface area contributed by atoms with Crippen LogP contribution in [0.3, 0.4) is 0 Å². The number of fused-ring (bicyclic) bond motifs is 1. The van der Waals surface area contributed by atoms with Crippen molar-refractivity contribution in [2.45, 2.75) is 38.8 Å². The van der Waals surface area contributed by atoms with Gasteiger partial charge < -0.3 is 10.6 Å². The molecule has 22 heavy (non-hydrogen) atoms. The molecule has 0 amide bonds. The third-order valence-corrected chi connectivity index (χ3v) is 4.86. The standard InChI is InChI=1S/C18H22N2O2/c1-10-5-4-6-15(21)17(10)18(22)12-7-8-14-13(11(12)2)9-16(19-3)20-14/h7-8,16-17,19-20H,1,4-6,9H2,2-3H3. The van der Waals surface area contributed by atoms with Crippen molar-refractivity contribution < 1.29 is 9.59 Å². The second-order valence-corrected chi connectivity index (χ2v) is 6.23. The summed E-state index contributed by atoms with van der Waals surface area (Å²) in [5.41, 5.74) is 4.66. The van der Waals surface area contributed by atoms with Crippen LogP contribution in [0, 0.1) is 12.8 Å². The first-order chi connectivity index (χ1) is 10.5. The first kappa shape index (κ1) is 15.0. The van der Waals surface area contributed by atoms with Crippen molar-refractivity contribution in [3.63, 3.8) is 0 Å². The van der Waals surface area contributed by atoms with E-state index in [1.165, 1.54) is 5.56 Å². The fraction of sp³-hybridized carbons (Fsp3) is 0.444. The maximum absolute atomic E-state index is 12.9. The Kier molecular flexibility index (Phi) is 3.87. The Balaban J connectivity index is 1.95. The summed E-state index contributed by atoms with van der Waals surface area (Å²) >= 11 is 0. The van der Waals surface area contributed by atoms with Crippen molar-refractivity contribution in [1.29, 1.82) is 0 Å². The summed E-state index contributed by atoms with van der Waals surface area (Å²) in [6.45, 7) is 5.93. The fourth-order valence-electron chi connectivity index (χ4n) is 3.53. The van der Waals surface area contributed by atoms with Crippen LogP contribution in [0.25, 0.3) is 0 Å². The zero-order valence-corrected chi connectivity index (χ0v) is 13.2. The van der Waals surface area contributed by atoms with Crippen LogP contribution in [0.15, 0.2) is 24.3 Å². The Morgan fingerprint density at radius 1 is 1.36 bits per heavy atom. The first-order valence-electron chi connectivity index (χ1n) is 7.83. The lowest BCUT2D eigenvalue weighted by atomic mass is 9.78. The zero-order chi connectivity index (χ0) is 15.9. The topological polar surface area (TPSA) is 58.2 Å². The molecule has 4 nitrogen and oxygen atoms in total. The van der Waals surface area contributed by atoms with E-state index in [1.807, 2.05) is 26.1 Å². The molecule has 1 aliphatic carbocycles. The number of nitrogens with one attached hydrogen (secondary N) is 2. The molecular weight excluding hydrogens is 276 g/mol. The summed E-state index contributed by atoms with van der Waals surface area (Å²) in [5.74, 6) is -0.699. The summed E-state index contributed by atoms with van der Waals surface area (Å²) < 4.78 is 0. The van der Waals surface area contributed by atoms with Gasteiger partial charge in [0.2, 0.25) is 0 Å². The molecule has 2 atom stereocenters. The molecule has 1 aromatic carbocycles. The van der Waals surface area contributed by atoms with Gasteiger partial charge in [-0.15, -0.1) is 0 Å². The predicted molar refractivity (Wildman–Crippen MR) is 87.2 cm³/mol. The summed E-state index contributed by atoms with van der Waals surface area (Å²) in [7, 11) is 1.91. The molecule has 0 saturated heterocycles. The molecule has 0 aromatic heterocycles. The highest BCUT2D eigenvalue weighted by molar-refractivity contribution is 6.14. The Bertz CT molecular complexity index is 647. The number of allylic oxidation sites excluding steroid dienone is 1. The lowest BCUT2D eigenvalue weighted by Gasteiger charge is -2.23. The van der Waals surface area contributed by atoms with Gasteiger partial charge in [-0.1, -0.05) is 12.2 Å². The molecule has 1 heterocycles. The normalized spacial score (nSPS) is 24.1. The number of rotatable bonds is 3. The molecule has 3 rings (SSSR count). The van der Waals surface area contributed by atoms with Gasteiger partial charge >= 0.3 is 0 Å². The van der Waals surface area contributed by atoms with E-state index in [4.69, 9.17) is 0 Å². The zero-order valence-electron chi connectivity index (χ0n) is 13.2. The van der Waals surface area contributed by atoms with Gasteiger partial charge in [-0.05, 0) is 50.1 Å². The van der Waals surface area contributed by atoms with Crippen LogP contribution >= 0.6 is 0 Å². The van der Waals surface area contributed by atoms with Crippen LogP contribution in [0.4, 0.5) is 5.69 Å². The SMILES string of the molecule is C=C1CCCC(=O)C1C(=O)c1ccc2c(c1C)CC(NC)N2. The molecule has 0 bridgehead atoms. The molecule has 0 radical (unpaired) electrons. The van der Waals surface area contributed by atoms with Crippen molar-refractivity contribution in [2.75, 3.05) is 12.4 Å². The van der Waals surface area contributed by atoms with E-state index in [0.29, 0.717) is 12.0 Å². The summed E-state index contributed by atoms with van der Waals surface area (Å²) in [6, 6.07) is 3.79. The molecule has 2 N–H and O–H groups in total. The van der Waals surface area contributed by atoms with E-state index < -0.39 is 5.92 Å². The number of ketones is 2. The lowest BCUT2D eigenvalue weighted by Crippen LogP contribution is -2.30. The number of benzene rings is 1. The largest absolute Gasteiger partial charge is 0.369 e. The van der Waals surface area contributed by atoms with Gasteiger partial charge in [-0.2, -0.15) is 0 Å². The van der Waals surface area contributed by atoms with Crippen molar-refractivity contribution >= 4 is 17.3 Å². The molecular formula is C18H22N2O2. The minimum Gasteiger partial charge on any atom is -0.369 e. The fourth-order valence-corrected chi connectivity index (χ4v) is 3.53. The van der Waals surface area contributed by atoms with Crippen LogP contribution in [0.5, 0.6) is 0 Å². The molecule has 0 spiro atoms. The number of carbonyl (C=O) groups is 2. The molecule has 2 aliphatic rings. The molecule has 2 unspecified atom stereocenters. The van der Waals surface area contributed by atoms with Crippen molar-refractivity contribution in [1.82, 2.24) is 5.32 Å². The van der Waals surface area contributed by atoms with Gasteiger partial charge in [0, 0.05) is 24.1 Å². The highest BCUT2D eigenvalue weighted by atomic mass is 16.2. The molecule has 4 heteroatoms. The molecule has 1 aliphatic heterocycles. The molecule has 116 valence electrons. The van der Waals surface area contributed by atoms with Gasteiger partial charge in [0.15, 0.2) is 5.78 Å². The predicted octanol–water partition coefficient (Wildman–Crippen LogP) is 2.62. The maximum atomic E-state index is 12.9. The van der Waals surface area contributed by atoms with E-state index in [2.05, 4.69) is 17.2 Å². The molecule has 1 aromatic rings. The second kappa shape index (κ2) is 5.69. The smallest absolute Gasteiger partial charge is 0.177 e. The number of anilines is 1. The average molecular weight is 298 g/mol. The summed E-state index contributed by atoms with van der Waals surface area (Å²) in [5, 5.41) is 6.58. The molecule has 1 fully saturated rings. The number of hydrogen-bond donors (Lipinski definition) is 2. The van der Waals surface area contributed by atoms with Crippen molar-refractivity contribution in [3.8, 4) is 0 Å². The first-order valence-corrected chi connectivity index (χ1v) is 7.83. The van der Waals surface area contributed by atoms with E-state index in [0.717, 1.165) is 36.1 Å². The van der Waals surface area contributed by atoms with Gasteiger partial charge in [-0.3, -0.25) is 9.59 Å². The summed E-state index contributed by atoms with van der Waals surface area (Å²) in [6.07, 6.45) is 3.13. The van der Waals surface area contributed by atoms with Gasteiger partial charge in [0.05, 0.1) is 6.17 Å². The highest BCUT2D eigenvalue weighted by Crippen LogP contribution is 2.34. The third kappa shape index (κ3) is 2.37. The van der Waals surface area contributed by atoms with Crippen LogP contribution in [0.2, 0.25) is 0 Å². The van der Waals surface area contributed by atoms with E-state index in [1.54, 1.807) is 0 Å². The Labute approximate surface area is 131 Å².